The van der Waals surface area contributed by atoms with E-state index in [-0.39, 0.29) is 31.5 Å². The first-order valence-corrected chi connectivity index (χ1v) is 9.40. The molecule has 2 saturated heterocycles. The van der Waals surface area contributed by atoms with Gasteiger partial charge >= 0.3 is 0 Å². The lowest BCUT2D eigenvalue weighted by atomic mass is 10.2. The fraction of sp³-hybridized carbons (Fsp3) is 0.526. The lowest BCUT2D eigenvalue weighted by molar-refractivity contribution is -0.130. The minimum Gasteiger partial charge on any atom is -0.370 e. The molecular weight excluding hydrogens is 369 g/mol. The molecule has 2 heterocycles. The zero-order valence-corrected chi connectivity index (χ0v) is 15.4. The molecular formula is C19H19ClFN5O. The largest absolute Gasteiger partial charge is 0.370 e. The molecule has 5 atom stereocenters. The third-order valence-electron chi connectivity index (χ3n) is 5.82. The number of fused-ring (bicyclic) bond motifs is 1. The van der Waals surface area contributed by atoms with Crippen molar-refractivity contribution >= 4 is 23.2 Å². The van der Waals surface area contributed by atoms with E-state index in [0.717, 1.165) is 18.8 Å². The van der Waals surface area contributed by atoms with Crippen LogP contribution in [0.25, 0.3) is 0 Å². The Hall–Kier alpha value is -2.35. The molecule has 0 spiro atoms. The predicted molar refractivity (Wildman–Crippen MR) is 97.8 cm³/mol. The van der Waals surface area contributed by atoms with Crippen LogP contribution in [0.5, 0.6) is 0 Å². The van der Waals surface area contributed by atoms with E-state index < -0.39 is 12.2 Å². The molecule has 3 fully saturated rings. The fourth-order valence-corrected chi connectivity index (χ4v) is 4.65. The number of benzene rings is 1. The Kier molecular flexibility index (Phi) is 4.67. The highest BCUT2D eigenvalue weighted by Crippen LogP contribution is 2.47. The van der Waals surface area contributed by atoms with E-state index in [9.17, 15) is 9.18 Å². The Balaban J connectivity index is 1.28. The molecule has 4 rings (SSSR count). The first-order chi connectivity index (χ1) is 13.0. The number of amides is 1. The van der Waals surface area contributed by atoms with Crippen molar-refractivity contribution in [2.75, 3.05) is 31.1 Å². The lowest BCUT2D eigenvalue weighted by Gasteiger charge is -2.24. The molecule has 1 aliphatic carbocycles. The first kappa shape index (κ1) is 18.0. The summed E-state index contributed by atoms with van der Waals surface area (Å²) >= 11 is 6.29. The zero-order chi connectivity index (χ0) is 19.1. The standard InChI is InChI=1S/C19H19ClFN5O/c20-16-3-11(5-22)1-2-17(16)25-9-14-15(10-25)19(14)24-7-18(27)26-8-12(21)4-13(26)6-23/h1-3,12-15,19,24H,4,7-10H2/t12-,13-,14-,15+,19?/m0/s1. The molecule has 2 aliphatic heterocycles. The number of likely N-dealkylation sites (tertiary alicyclic amines) is 1. The van der Waals surface area contributed by atoms with Gasteiger partial charge in [-0.2, -0.15) is 10.5 Å². The average molecular weight is 388 g/mol. The van der Waals surface area contributed by atoms with Crippen molar-refractivity contribution in [3.05, 3.63) is 28.8 Å². The van der Waals surface area contributed by atoms with Crippen molar-refractivity contribution in [1.82, 2.24) is 10.2 Å². The number of rotatable bonds is 4. The number of nitriles is 2. The number of halogens is 2. The molecule has 1 N–H and O–H groups in total. The Morgan fingerprint density at radius 1 is 1.30 bits per heavy atom. The van der Waals surface area contributed by atoms with E-state index in [2.05, 4.69) is 16.3 Å². The quantitative estimate of drug-likeness (QED) is 0.850. The molecule has 0 radical (unpaired) electrons. The third kappa shape index (κ3) is 3.34. The van der Waals surface area contributed by atoms with Gasteiger partial charge in [-0.1, -0.05) is 11.6 Å². The number of nitrogens with zero attached hydrogens (tertiary/aromatic N) is 4. The molecule has 0 bridgehead atoms. The van der Waals surface area contributed by atoms with Crippen LogP contribution in [0.15, 0.2) is 18.2 Å². The van der Waals surface area contributed by atoms with Gasteiger partial charge in [0.05, 0.1) is 41.5 Å². The Morgan fingerprint density at radius 3 is 2.67 bits per heavy atom. The molecule has 1 aromatic rings. The van der Waals surface area contributed by atoms with Crippen molar-refractivity contribution in [1.29, 1.82) is 10.5 Å². The van der Waals surface area contributed by atoms with Crippen LogP contribution in [0.4, 0.5) is 10.1 Å². The number of hydrogen-bond acceptors (Lipinski definition) is 5. The van der Waals surface area contributed by atoms with Crippen LogP contribution in [-0.4, -0.2) is 55.2 Å². The molecule has 1 aromatic carbocycles. The highest BCUT2D eigenvalue weighted by Gasteiger charge is 2.56. The summed E-state index contributed by atoms with van der Waals surface area (Å²) in [5, 5.41) is 21.8. The zero-order valence-electron chi connectivity index (χ0n) is 14.6. The summed E-state index contributed by atoms with van der Waals surface area (Å²) in [6, 6.07) is 9.02. The van der Waals surface area contributed by atoms with E-state index in [4.69, 9.17) is 22.1 Å². The van der Waals surface area contributed by atoms with E-state index >= 15 is 0 Å². The minimum absolute atomic E-state index is 0.0151. The van der Waals surface area contributed by atoms with Crippen LogP contribution < -0.4 is 10.2 Å². The fourth-order valence-electron chi connectivity index (χ4n) is 4.35. The van der Waals surface area contributed by atoms with Crippen molar-refractivity contribution < 1.29 is 9.18 Å². The normalized spacial score (nSPS) is 31.3. The van der Waals surface area contributed by atoms with Gasteiger partial charge in [-0.05, 0) is 30.0 Å². The van der Waals surface area contributed by atoms with E-state index in [1.165, 1.54) is 4.90 Å². The Labute approximate surface area is 162 Å². The Bertz CT molecular complexity index is 837. The summed E-state index contributed by atoms with van der Waals surface area (Å²) in [6.45, 7) is 1.85. The first-order valence-electron chi connectivity index (χ1n) is 9.03. The lowest BCUT2D eigenvalue weighted by Crippen LogP contribution is -2.43. The van der Waals surface area contributed by atoms with Gasteiger partial charge in [-0.15, -0.1) is 0 Å². The number of carbonyl (C=O) groups excluding carboxylic acids is 1. The van der Waals surface area contributed by atoms with Gasteiger partial charge in [-0.25, -0.2) is 4.39 Å². The predicted octanol–water partition coefficient (Wildman–Crippen LogP) is 1.70. The summed E-state index contributed by atoms with van der Waals surface area (Å²) in [5.41, 5.74) is 1.47. The molecule has 27 heavy (non-hydrogen) atoms. The maximum atomic E-state index is 13.5. The summed E-state index contributed by atoms with van der Waals surface area (Å²) in [6.07, 6.45) is -0.998. The summed E-state index contributed by atoms with van der Waals surface area (Å²) in [7, 11) is 0. The number of alkyl halides is 1. The molecule has 0 aromatic heterocycles. The molecule has 1 amide bonds. The van der Waals surface area contributed by atoms with Gasteiger partial charge in [0, 0.05) is 25.6 Å². The van der Waals surface area contributed by atoms with Crippen LogP contribution in [-0.2, 0) is 4.79 Å². The second-order valence-corrected chi connectivity index (χ2v) is 7.85. The highest BCUT2D eigenvalue weighted by atomic mass is 35.5. The van der Waals surface area contributed by atoms with Crippen molar-refractivity contribution in [2.24, 2.45) is 11.8 Å². The molecule has 3 aliphatic rings. The molecule has 8 heteroatoms. The van der Waals surface area contributed by atoms with Gasteiger partial charge in [0.2, 0.25) is 5.91 Å². The number of nitrogens with one attached hydrogen (secondary N) is 1. The van der Waals surface area contributed by atoms with Gasteiger partial charge in [0.15, 0.2) is 0 Å². The monoisotopic (exact) mass is 387 g/mol. The van der Waals surface area contributed by atoms with Crippen molar-refractivity contribution in [3.63, 3.8) is 0 Å². The SMILES string of the molecule is N#Cc1ccc(N2C[C@@H]3C(NCC(=O)N4C[C@@H](F)C[C@H]4C#N)[C@@H]3C2)c(Cl)c1. The Morgan fingerprint density at radius 2 is 2.04 bits per heavy atom. The maximum absolute atomic E-state index is 13.5. The van der Waals surface area contributed by atoms with Crippen molar-refractivity contribution in [2.45, 2.75) is 24.7 Å². The number of hydrogen-bond donors (Lipinski definition) is 1. The second-order valence-electron chi connectivity index (χ2n) is 7.44. The minimum atomic E-state index is -1.11. The van der Waals surface area contributed by atoms with Gasteiger partial charge in [0.1, 0.15) is 12.2 Å². The van der Waals surface area contributed by atoms with Gasteiger partial charge < -0.3 is 15.1 Å². The molecule has 1 saturated carbocycles. The smallest absolute Gasteiger partial charge is 0.237 e. The van der Waals surface area contributed by atoms with Crippen LogP contribution in [0.2, 0.25) is 5.02 Å². The van der Waals surface area contributed by atoms with Crippen LogP contribution in [0, 0.1) is 34.5 Å². The van der Waals surface area contributed by atoms with Gasteiger partial charge in [-0.3, -0.25) is 4.79 Å². The van der Waals surface area contributed by atoms with Crippen LogP contribution in [0.1, 0.15) is 12.0 Å². The van der Waals surface area contributed by atoms with E-state index in [1.54, 1.807) is 12.1 Å². The summed E-state index contributed by atoms with van der Waals surface area (Å²) < 4.78 is 13.5. The topological polar surface area (TPSA) is 83.2 Å². The summed E-state index contributed by atoms with van der Waals surface area (Å²) in [4.78, 5) is 15.8. The number of anilines is 1. The highest BCUT2D eigenvalue weighted by molar-refractivity contribution is 6.33. The van der Waals surface area contributed by atoms with Crippen molar-refractivity contribution in [3.8, 4) is 12.1 Å². The number of piperidine rings is 1. The molecule has 6 nitrogen and oxygen atoms in total. The van der Waals surface area contributed by atoms with E-state index in [1.807, 2.05) is 12.1 Å². The van der Waals surface area contributed by atoms with Gasteiger partial charge in [0.25, 0.3) is 0 Å². The average Bonchev–Trinajstić information content (AvgIpc) is 2.99. The second kappa shape index (κ2) is 6.99. The molecule has 140 valence electrons. The summed E-state index contributed by atoms with van der Waals surface area (Å²) in [5.74, 6) is 0.686. The van der Waals surface area contributed by atoms with Crippen LogP contribution >= 0.6 is 11.6 Å². The third-order valence-corrected chi connectivity index (χ3v) is 6.12. The van der Waals surface area contributed by atoms with E-state index in [0.29, 0.717) is 22.4 Å². The van der Waals surface area contributed by atoms with Crippen LogP contribution in [0.3, 0.4) is 0 Å². The maximum Gasteiger partial charge on any atom is 0.237 e. The number of carbonyl (C=O) groups is 1. The molecule has 1 unspecified atom stereocenters.